The Morgan fingerprint density at radius 3 is 2.42 bits per heavy atom. The molecule has 1 aliphatic rings. The van der Waals surface area contributed by atoms with E-state index in [2.05, 4.69) is 15.1 Å². The zero-order valence-corrected chi connectivity index (χ0v) is 14.8. The van der Waals surface area contributed by atoms with Crippen molar-refractivity contribution in [2.75, 3.05) is 44.2 Å². The first kappa shape index (κ1) is 18.1. The molecule has 0 radical (unpaired) electrons. The summed E-state index contributed by atoms with van der Waals surface area (Å²) in [5, 5.41) is 2.91. The number of carbonyl (C=O) groups excluding carboxylic acids is 1. The molecule has 0 unspecified atom stereocenters. The lowest BCUT2D eigenvalue weighted by atomic mass is 10.2. The highest BCUT2D eigenvalue weighted by Gasteiger charge is 2.18. The van der Waals surface area contributed by atoms with E-state index in [1.54, 1.807) is 12.1 Å². The number of piperazine rings is 1. The Labute approximate surface area is 153 Å². The topological polar surface area (TPSA) is 35.6 Å². The number of nitrogens with zero attached hydrogens (tertiary/aromatic N) is 2. The monoisotopic (exact) mass is 353 g/mol. The first-order valence-corrected chi connectivity index (χ1v) is 8.95. The number of nitrogens with one attached hydrogen (secondary N) is 1. The average Bonchev–Trinajstić information content (AvgIpc) is 2.68. The summed E-state index contributed by atoms with van der Waals surface area (Å²) in [4.78, 5) is 16.2. The molecule has 0 aliphatic carbocycles. The molecule has 0 bridgehead atoms. The molecule has 26 heavy (non-hydrogen) atoms. The zero-order valence-electron chi connectivity index (χ0n) is 14.8. The molecule has 1 aliphatic heterocycles. The van der Waals surface area contributed by atoms with Gasteiger partial charge in [-0.25, -0.2) is 4.39 Å². The first-order chi connectivity index (χ1) is 12.7. The minimum absolute atomic E-state index is 0.0844. The molecule has 0 aromatic heterocycles. The first-order valence-electron chi connectivity index (χ1n) is 8.95. The van der Waals surface area contributed by atoms with Gasteiger partial charge in [0.05, 0.1) is 5.69 Å². The van der Waals surface area contributed by atoms with Gasteiger partial charge in [0, 0.05) is 45.3 Å². The van der Waals surface area contributed by atoms with E-state index in [-0.39, 0.29) is 11.7 Å². The van der Waals surface area contributed by atoms with E-state index < -0.39 is 0 Å². The van der Waals surface area contributed by atoms with Crippen LogP contribution in [0.4, 0.5) is 10.1 Å². The molecule has 2 aromatic carbocycles. The van der Waals surface area contributed by atoms with Gasteiger partial charge in [0.25, 0.3) is 0 Å². The van der Waals surface area contributed by atoms with Gasteiger partial charge in [0.15, 0.2) is 0 Å². The van der Waals surface area contributed by atoms with Crippen LogP contribution in [-0.4, -0.2) is 50.1 Å². The fourth-order valence-corrected chi connectivity index (χ4v) is 3.05. The number of para-hydroxylation sites is 1. The predicted octanol–water partition coefficient (Wildman–Crippen LogP) is 2.78. The molecule has 0 atom stereocenters. The summed E-state index contributed by atoms with van der Waals surface area (Å²) < 4.78 is 13.8. The Kier molecular flexibility index (Phi) is 6.39. The van der Waals surface area contributed by atoms with Crippen molar-refractivity contribution in [2.24, 2.45) is 0 Å². The number of hydrogen-bond acceptors (Lipinski definition) is 3. The van der Waals surface area contributed by atoms with E-state index in [4.69, 9.17) is 0 Å². The Morgan fingerprint density at radius 2 is 1.69 bits per heavy atom. The van der Waals surface area contributed by atoms with E-state index in [1.165, 1.54) is 6.07 Å². The summed E-state index contributed by atoms with van der Waals surface area (Å²) >= 11 is 0. The molecule has 0 spiro atoms. The largest absolute Gasteiger partial charge is 0.367 e. The Morgan fingerprint density at radius 1 is 1.00 bits per heavy atom. The summed E-state index contributed by atoms with van der Waals surface area (Å²) in [7, 11) is 0. The van der Waals surface area contributed by atoms with Gasteiger partial charge in [-0.15, -0.1) is 0 Å². The van der Waals surface area contributed by atoms with E-state index in [9.17, 15) is 9.18 Å². The van der Waals surface area contributed by atoms with Crippen molar-refractivity contribution in [1.82, 2.24) is 10.2 Å². The third-order valence-corrected chi connectivity index (χ3v) is 4.52. The lowest BCUT2D eigenvalue weighted by molar-refractivity contribution is -0.116. The van der Waals surface area contributed by atoms with Gasteiger partial charge in [-0.05, 0) is 23.8 Å². The number of benzene rings is 2. The van der Waals surface area contributed by atoms with Crippen molar-refractivity contribution in [3.63, 3.8) is 0 Å². The molecular formula is C21H24FN3O. The highest BCUT2D eigenvalue weighted by atomic mass is 19.1. The fraction of sp³-hybridized carbons (Fsp3) is 0.286. The summed E-state index contributed by atoms with van der Waals surface area (Å²) in [6.45, 7) is 4.73. The molecule has 0 saturated carbocycles. The van der Waals surface area contributed by atoms with Gasteiger partial charge in [0.2, 0.25) is 5.91 Å². The summed E-state index contributed by atoms with van der Waals surface area (Å²) in [6.07, 6.45) is 3.37. The predicted molar refractivity (Wildman–Crippen MR) is 104 cm³/mol. The lowest BCUT2D eigenvalue weighted by Crippen LogP contribution is -2.48. The van der Waals surface area contributed by atoms with Gasteiger partial charge in [-0.1, -0.05) is 42.5 Å². The molecule has 1 saturated heterocycles. The maximum atomic E-state index is 13.8. The quantitative estimate of drug-likeness (QED) is 0.811. The standard InChI is InChI=1S/C21H24FN3O/c22-19-8-4-5-9-20(19)25-16-14-24(15-17-25)13-12-23-21(26)11-10-18-6-2-1-3-7-18/h1-11H,12-17H2,(H,23,26)/b11-10+. The SMILES string of the molecule is O=C(/C=C/c1ccccc1)NCCN1CCN(c2ccccc2F)CC1. The van der Waals surface area contributed by atoms with E-state index in [0.717, 1.165) is 38.3 Å². The number of halogens is 1. The Hall–Kier alpha value is -2.66. The van der Waals surface area contributed by atoms with Crippen molar-refractivity contribution in [3.8, 4) is 0 Å². The smallest absolute Gasteiger partial charge is 0.244 e. The summed E-state index contributed by atoms with van der Waals surface area (Å²) in [5.41, 5.74) is 1.68. The van der Waals surface area contributed by atoms with E-state index in [1.807, 2.05) is 48.5 Å². The van der Waals surface area contributed by atoms with Gasteiger partial charge in [0.1, 0.15) is 5.82 Å². The molecule has 3 rings (SSSR count). The number of anilines is 1. The van der Waals surface area contributed by atoms with Crippen molar-refractivity contribution in [3.05, 3.63) is 72.1 Å². The van der Waals surface area contributed by atoms with Crippen LogP contribution >= 0.6 is 0 Å². The molecule has 1 heterocycles. The van der Waals surface area contributed by atoms with Crippen LogP contribution in [0.2, 0.25) is 0 Å². The maximum absolute atomic E-state index is 13.8. The molecule has 136 valence electrons. The summed E-state index contributed by atoms with van der Waals surface area (Å²) in [5.74, 6) is -0.253. The zero-order chi connectivity index (χ0) is 18.2. The Balaban J connectivity index is 1.37. The van der Waals surface area contributed by atoms with Crippen molar-refractivity contribution >= 4 is 17.7 Å². The van der Waals surface area contributed by atoms with Gasteiger partial charge in [-0.3, -0.25) is 9.69 Å². The third kappa shape index (κ3) is 5.17. The number of carbonyl (C=O) groups is 1. The molecule has 1 amide bonds. The minimum atomic E-state index is -0.168. The van der Waals surface area contributed by atoms with Crippen LogP contribution in [0.3, 0.4) is 0 Å². The average molecular weight is 353 g/mol. The van der Waals surface area contributed by atoms with Gasteiger partial charge in [-0.2, -0.15) is 0 Å². The Bertz CT molecular complexity index is 740. The van der Waals surface area contributed by atoms with Crippen LogP contribution in [0.1, 0.15) is 5.56 Å². The normalized spacial score (nSPS) is 15.3. The molecule has 1 N–H and O–H groups in total. The van der Waals surface area contributed by atoms with Gasteiger partial charge >= 0.3 is 0 Å². The highest BCUT2D eigenvalue weighted by Crippen LogP contribution is 2.19. The molecule has 2 aromatic rings. The second kappa shape index (κ2) is 9.15. The lowest BCUT2D eigenvalue weighted by Gasteiger charge is -2.36. The molecular weight excluding hydrogens is 329 g/mol. The minimum Gasteiger partial charge on any atom is -0.367 e. The van der Waals surface area contributed by atoms with Crippen LogP contribution in [-0.2, 0) is 4.79 Å². The number of rotatable bonds is 6. The van der Waals surface area contributed by atoms with Crippen LogP contribution in [0.5, 0.6) is 0 Å². The third-order valence-electron chi connectivity index (χ3n) is 4.52. The van der Waals surface area contributed by atoms with Crippen LogP contribution in [0.25, 0.3) is 6.08 Å². The summed E-state index contributed by atoms with van der Waals surface area (Å²) in [6, 6.07) is 16.6. The van der Waals surface area contributed by atoms with Crippen LogP contribution in [0, 0.1) is 5.82 Å². The van der Waals surface area contributed by atoms with Crippen molar-refractivity contribution in [1.29, 1.82) is 0 Å². The number of amides is 1. The van der Waals surface area contributed by atoms with Crippen molar-refractivity contribution in [2.45, 2.75) is 0 Å². The second-order valence-corrected chi connectivity index (χ2v) is 6.32. The van der Waals surface area contributed by atoms with E-state index >= 15 is 0 Å². The second-order valence-electron chi connectivity index (χ2n) is 6.32. The van der Waals surface area contributed by atoms with Crippen molar-refractivity contribution < 1.29 is 9.18 Å². The van der Waals surface area contributed by atoms with E-state index in [0.29, 0.717) is 12.2 Å². The van der Waals surface area contributed by atoms with Gasteiger partial charge < -0.3 is 10.2 Å². The molecule has 5 heteroatoms. The highest BCUT2D eigenvalue weighted by molar-refractivity contribution is 5.91. The maximum Gasteiger partial charge on any atom is 0.244 e. The van der Waals surface area contributed by atoms with Crippen LogP contribution < -0.4 is 10.2 Å². The van der Waals surface area contributed by atoms with Crippen LogP contribution in [0.15, 0.2) is 60.7 Å². The molecule has 4 nitrogen and oxygen atoms in total. The molecule has 1 fully saturated rings. The fourth-order valence-electron chi connectivity index (χ4n) is 3.05. The number of hydrogen-bond donors (Lipinski definition) is 1.